The zero-order chi connectivity index (χ0) is 26.0. The summed E-state index contributed by atoms with van der Waals surface area (Å²) in [7, 11) is -12.0. The number of nitrogens with zero attached hydrogens (tertiary/aromatic N) is 4. The second-order valence-corrected chi connectivity index (χ2v) is 5.09. The van der Waals surface area contributed by atoms with E-state index in [4.69, 9.17) is 0 Å². The molecule has 0 aliphatic heterocycles. The predicted octanol–water partition coefficient (Wildman–Crippen LogP) is 6.92. The summed E-state index contributed by atoms with van der Waals surface area (Å²) >= 11 is 0. The van der Waals surface area contributed by atoms with Gasteiger partial charge in [0, 0.05) is 49.6 Å². The van der Waals surface area contributed by atoms with E-state index in [-0.39, 0.29) is 17.1 Å². The second kappa shape index (κ2) is 25.3. The van der Waals surface area contributed by atoms with Gasteiger partial charge in [-0.15, -0.1) is 0 Å². The van der Waals surface area contributed by atoms with E-state index in [9.17, 15) is 34.5 Å². The molecule has 0 N–H and O–H groups in total. The number of hydrogen-bond acceptors (Lipinski definition) is 4. The molecule has 0 aromatic carbocycles. The smallest absolute Gasteiger partial charge is 0.418 e. The van der Waals surface area contributed by atoms with Crippen molar-refractivity contribution in [2.45, 2.75) is 0 Å². The molecule has 15 heteroatoms. The average molecular weight is 554 g/mol. The minimum atomic E-state index is -6.00. The molecule has 1 radical (unpaired) electrons. The van der Waals surface area contributed by atoms with Gasteiger partial charge in [0.05, 0.1) is 0 Å². The molecule has 4 nitrogen and oxygen atoms in total. The van der Waals surface area contributed by atoms with Crippen molar-refractivity contribution >= 4 is 14.5 Å². The van der Waals surface area contributed by atoms with Crippen LogP contribution in [0.1, 0.15) is 0 Å². The standard InChI is InChI=1S/4C5H5N.2BF4.Cu/c4*1-2-4-6-5-3-1;2*2-1(3,4)5;/h4*1-5H;;;/q;;;;2*-1;+2. The molecule has 0 atom stereocenters. The van der Waals surface area contributed by atoms with E-state index in [0.29, 0.717) is 0 Å². The van der Waals surface area contributed by atoms with Crippen molar-refractivity contribution < 1.29 is 51.6 Å². The number of rotatable bonds is 0. The maximum absolute atomic E-state index is 9.75. The fraction of sp³-hybridized carbons (Fsp3) is 0. The van der Waals surface area contributed by atoms with Crippen LogP contribution in [0.4, 0.5) is 34.5 Å². The van der Waals surface area contributed by atoms with Crippen molar-refractivity contribution in [1.29, 1.82) is 0 Å². The summed E-state index contributed by atoms with van der Waals surface area (Å²) in [6.45, 7) is 0. The van der Waals surface area contributed by atoms with Crippen LogP contribution < -0.4 is 0 Å². The maximum Gasteiger partial charge on any atom is 2.00 e. The van der Waals surface area contributed by atoms with Crippen LogP contribution in [-0.2, 0) is 17.1 Å². The van der Waals surface area contributed by atoms with E-state index in [1.54, 1.807) is 49.6 Å². The first-order valence-electron chi connectivity index (χ1n) is 9.14. The molecule has 193 valence electrons. The first-order valence-corrected chi connectivity index (χ1v) is 9.14. The quantitative estimate of drug-likeness (QED) is 0.175. The molecule has 35 heavy (non-hydrogen) atoms. The molecule has 0 aliphatic carbocycles. The van der Waals surface area contributed by atoms with E-state index in [2.05, 4.69) is 19.9 Å². The minimum Gasteiger partial charge on any atom is -0.418 e. The molecule has 0 spiro atoms. The van der Waals surface area contributed by atoms with E-state index >= 15 is 0 Å². The first kappa shape index (κ1) is 36.3. The third-order valence-corrected chi connectivity index (χ3v) is 2.27. The SMILES string of the molecule is F[B-](F)(F)F.F[B-](F)(F)F.[Cu+2].c1ccncc1.c1ccncc1.c1ccncc1.c1ccncc1. The summed E-state index contributed by atoms with van der Waals surface area (Å²) in [5.74, 6) is 0. The third-order valence-electron chi connectivity index (χ3n) is 2.27. The van der Waals surface area contributed by atoms with E-state index < -0.39 is 14.5 Å². The molecular formula is C20H20B2CuF8N4. The Morgan fingerprint density at radius 2 is 0.400 bits per heavy atom. The Morgan fingerprint density at radius 3 is 0.429 bits per heavy atom. The van der Waals surface area contributed by atoms with Crippen LogP contribution in [-0.4, -0.2) is 34.4 Å². The Morgan fingerprint density at radius 1 is 0.286 bits per heavy atom. The van der Waals surface area contributed by atoms with E-state index in [0.717, 1.165) is 0 Å². The molecule has 4 heterocycles. The maximum atomic E-state index is 9.75. The summed E-state index contributed by atoms with van der Waals surface area (Å²) < 4.78 is 78.0. The van der Waals surface area contributed by atoms with Gasteiger partial charge in [-0.05, 0) is 48.5 Å². The topological polar surface area (TPSA) is 51.6 Å². The molecule has 4 aromatic heterocycles. The largest absolute Gasteiger partial charge is 2.00 e. The third kappa shape index (κ3) is 59.0. The number of hydrogen-bond donors (Lipinski definition) is 0. The zero-order valence-corrected chi connectivity index (χ0v) is 18.8. The molecule has 0 aliphatic rings. The summed E-state index contributed by atoms with van der Waals surface area (Å²) in [5, 5.41) is 0. The van der Waals surface area contributed by atoms with Crippen molar-refractivity contribution in [3.63, 3.8) is 0 Å². The Kier molecular flexibility index (Phi) is 26.2. The van der Waals surface area contributed by atoms with Crippen LogP contribution in [0.2, 0.25) is 0 Å². The predicted molar refractivity (Wildman–Crippen MR) is 117 cm³/mol. The molecule has 0 fully saturated rings. The molecule has 0 unspecified atom stereocenters. The molecule has 0 bridgehead atoms. The van der Waals surface area contributed by atoms with E-state index in [1.165, 1.54) is 0 Å². The Hall–Kier alpha value is -3.31. The first-order chi connectivity index (χ1) is 16.0. The van der Waals surface area contributed by atoms with E-state index in [1.807, 2.05) is 72.8 Å². The van der Waals surface area contributed by atoms with Crippen molar-refractivity contribution in [3.05, 3.63) is 122 Å². The van der Waals surface area contributed by atoms with Gasteiger partial charge < -0.3 is 34.5 Å². The molecular weight excluding hydrogens is 533 g/mol. The van der Waals surface area contributed by atoms with Crippen LogP contribution in [0, 0.1) is 0 Å². The summed E-state index contributed by atoms with van der Waals surface area (Å²) in [5.41, 5.74) is 0. The summed E-state index contributed by atoms with van der Waals surface area (Å²) in [6.07, 6.45) is 14.0. The Bertz CT molecular complexity index is 611. The van der Waals surface area contributed by atoms with Crippen LogP contribution in [0.25, 0.3) is 0 Å². The molecule has 0 saturated heterocycles. The van der Waals surface area contributed by atoms with Crippen molar-refractivity contribution in [3.8, 4) is 0 Å². The van der Waals surface area contributed by atoms with Crippen molar-refractivity contribution in [1.82, 2.24) is 19.9 Å². The average Bonchev–Trinajstić information content (AvgIpc) is 2.83. The van der Waals surface area contributed by atoms with Crippen LogP contribution in [0.5, 0.6) is 0 Å². The van der Waals surface area contributed by atoms with Gasteiger partial charge in [0.1, 0.15) is 0 Å². The monoisotopic (exact) mass is 553 g/mol. The zero-order valence-electron chi connectivity index (χ0n) is 17.8. The molecule has 0 amide bonds. The van der Waals surface area contributed by atoms with Gasteiger partial charge >= 0.3 is 31.6 Å². The minimum absolute atomic E-state index is 0. The summed E-state index contributed by atoms with van der Waals surface area (Å²) in [6, 6.07) is 22.9. The fourth-order valence-electron chi connectivity index (χ4n) is 1.25. The summed E-state index contributed by atoms with van der Waals surface area (Å²) in [4.78, 5) is 15.1. The normalized spacial score (nSPS) is 8.91. The second-order valence-electron chi connectivity index (χ2n) is 5.09. The fourth-order valence-corrected chi connectivity index (χ4v) is 1.25. The van der Waals surface area contributed by atoms with Gasteiger partial charge in [-0.3, -0.25) is 19.9 Å². The number of halogens is 8. The Balaban J connectivity index is -0.000000350. The Labute approximate surface area is 208 Å². The van der Waals surface area contributed by atoms with Gasteiger partial charge in [-0.1, -0.05) is 24.3 Å². The van der Waals surface area contributed by atoms with Crippen LogP contribution in [0.3, 0.4) is 0 Å². The van der Waals surface area contributed by atoms with Crippen LogP contribution >= 0.6 is 0 Å². The van der Waals surface area contributed by atoms with Gasteiger partial charge in [0.2, 0.25) is 0 Å². The van der Waals surface area contributed by atoms with Gasteiger partial charge in [0.15, 0.2) is 0 Å². The molecule has 0 saturated carbocycles. The number of aromatic nitrogens is 4. The number of pyridine rings is 4. The van der Waals surface area contributed by atoms with Crippen LogP contribution in [0.15, 0.2) is 122 Å². The molecule has 4 rings (SSSR count). The van der Waals surface area contributed by atoms with Crippen molar-refractivity contribution in [2.75, 3.05) is 0 Å². The van der Waals surface area contributed by atoms with Gasteiger partial charge in [0.25, 0.3) is 0 Å². The van der Waals surface area contributed by atoms with Crippen molar-refractivity contribution in [2.24, 2.45) is 0 Å². The van der Waals surface area contributed by atoms with Gasteiger partial charge in [-0.2, -0.15) is 0 Å². The molecule has 4 aromatic rings. The van der Waals surface area contributed by atoms with Gasteiger partial charge in [-0.25, -0.2) is 0 Å².